The van der Waals surface area contributed by atoms with Gasteiger partial charge in [0.05, 0.1) is 0 Å². The molecule has 2 atom stereocenters. The standard InChI is InChI=1S/C17H31I/c1-5-17(8-6-9-17)10-7-14-13-15(2,3)11-12-16(14,4)18/h14H,5-13H2,1-4H3/t14?,16-/m0/s1. The predicted octanol–water partition coefficient (Wildman–Crippen LogP) is 6.37. The zero-order valence-electron chi connectivity index (χ0n) is 12.8. The molecule has 0 aromatic carbocycles. The van der Waals surface area contributed by atoms with Gasteiger partial charge in [-0.15, -0.1) is 0 Å². The van der Waals surface area contributed by atoms with Crippen LogP contribution < -0.4 is 0 Å². The largest absolute Gasteiger partial charge is 0.0789 e. The molecule has 1 unspecified atom stereocenters. The molecule has 0 aliphatic heterocycles. The van der Waals surface area contributed by atoms with Crippen LogP contribution >= 0.6 is 22.6 Å². The molecule has 0 bridgehead atoms. The van der Waals surface area contributed by atoms with Crippen molar-refractivity contribution in [1.82, 2.24) is 0 Å². The van der Waals surface area contributed by atoms with E-state index in [2.05, 4.69) is 50.3 Å². The summed E-state index contributed by atoms with van der Waals surface area (Å²) in [5.74, 6) is 0.950. The quantitative estimate of drug-likeness (QED) is 0.403. The molecule has 0 saturated heterocycles. The first-order valence-electron chi connectivity index (χ1n) is 7.98. The fourth-order valence-corrected chi connectivity index (χ4v) is 4.91. The second-order valence-corrected chi connectivity index (χ2v) is 10.6. The monoisotopic (exact) mass is 362 g/mol. The third-order valence-corrected chi connectivity index (χ3v) is 7.55. The maximum absolute atomic E-state index is 2.76. The Labute approximate surface area is 128 Å². The van der Waals surface area contributed by atoms with Gasteiger partial charge in [-0.2, -0.15) is 0 Å². The van der Waals surface area contributed by atoms with Crippen molar-refractivity contribution in [2.24, 2.45) is 16.7 Å². The maximum atomic E-state index is 2.76. The summed E-state index contributed by atoms with van der Waals surface area (Å²) < 4.78 is 0.561. The molecular formula is C17H31I. The molecule has 2 aliphatic carbocycles. The van der Waals surface area contributed by atoms with Gasteiger partial charge in [-0.05, 0) is 61.7 Å². The molecule has 106 valence electrons. The maximum Gasteiger partial charge on any atom is 0.0222 e. The first-order valence-corrected chi connectivity index (χ1v) is 9.05. The topological polar surface area (TPSA) is 0 Å². The number of halogens is 1. The van der Waals surface area contributed by atoms with Crippen LogP contribution in [0.3, 0.4) is 0 Å². The van der Waals surface area contributed by atoms with E-state index in [-0.39, 0.29) is 0 Å². The first kappa shape index (κ1) is 15.1. The fraction of sp³-hybridized carbons (Fsp3) is 1.00. The molecule has 0 aromatic rings. The van der Waals surface area contributed by atoms with Gasteiger partial charge in [0.15, 0.2) is 0 Å². The van der Waals surface area contributed by atoms with E-state index in [0.717, 1.165) is 11.3 Å². The molecule has 1 heteroatoms. The van der Waals surface area contributed by atoms with Crippen molar-refractivity contribution in [3.63, 3.8) is 0 Å². The second kappa shape index (κ2) is 5.26. The van der Waals surface area contributed by atoms with Gasteiger partial charge in [0, 0.05) is 3.42 Å². The third kappa shape index (κ3) is 3.24. The molecule has 2 aliphatic rings. The summed E-state index contributed by atoms with van der Waals surface area (Å²) in [6.45, 7) is 9.87. The number of hydrogen-bond donors (Lipinski definition) is 0. The molecule has 0 spiro atoms. The Hall–Kier alpha value is 0.730. The molecule has 0 radical (unpaired) electrons. The third-order valence-electron chi connectivity index (χ3n) is 6.13. The van der Waals surface area contributed by atoms with Crippen molar-refractivity contribution < 1.29 is 0 Å². The fourth-order valence-electron chi connectivity index (χ4n) is 4.11. The smallest absolute Gasteiger partial charge is 0.0222 e. The zero-order chi connectivity index (χ0) is 13.4. The Morgan fingerprint density at radius 2 is 1.72 bits per heavy atom. The lowest BCUT2D eigenvalue weighted by Gasteiger charge is -2.48. The summed E-state index contributed by atoms with van der Waals surface area (Å²) in [5, 5.41) is 0. The number of rotatable bonds is 4. The average Bonchev–Trinajstić information content (AvgIpc) is 2.23. The molecule has 18 heavy (non-hydrogen) atoms. The predicted molar refractivity (Wildman–Crippen MR) is 89.4 cm³/mol. The van der Waals surface area contributed by atoms with Crippen LogP contribution in [0.4, 0.5) is 0 Å². The number of hydrogen-bond acceptors (Lipinski definition) is 0. The van der Waals surface area contributed by atoms with E-state index in [1.807, 2.05) is 0 Å². The van der Waals surface area contributed by atoms with Gasteiger partial charge in [0.2, 0.25) is 0 Å². The Balaban J connectivity index is 1.93. The lowest BCUT2D eigenvalue weighted by atomic mass is 9.61. The summed E-state index contributed by atoms with van der Waals surface area (Å²) in [4.78, 5) is 0. The molecule has 0 heterocycles. The molecule has 0 amide bonds. The van der Waals surface area contributed by atoms with E-state index in [4.69, 9.17) is 0 Å². The minimum Gasteiger partial charge on any atom is -0.0789 e. The van der Waals surface area contributed by atoms with Crippen LogP contribution in [0.15, 0.2) is 0 Å². The van der Waals surface area contributed by atoms with E-state index in [9.17, 15) is 0 Å². The molecule has 2 rings (SSSR count). The molecule has 0 nitrogen and oxygen atoms in total. The lowest BCUT2D eigenvalue weighted by molar-refractivity contribution is 0.0788. The van der Waals surface area contributed by atoms with E-state index in [1.54, 1.807) is 0 Å². The van der Waals surface area contributed by atoms with Crippen molar-refractivity contribution in [3.05, 3.63) is 0 Å². The van der Waals surface area contributed by atoms with Crippen LogP contribution in [0, 0.1) is 16.7 Å². The van der Waals surface area contributed by atoms with Crippen LogP contribution in [0.25, 0.3) is 0 Å². The van der Waals surface area contributed by atoms with E-state index < -0.39 is 0 Å². The molecule has 2 fully saturated rings. The van der Waals surface area contributed by atoms with E-state index in [0.29, 0.717) is 8.84 Å². The van der Waals surface area contributed by atoms with Crippen molar-refractivity contribution in [1.29, 1.82) is 0 Å². The normalized spacial score (nSPS) is 38.2. The highest BCUT2D eigenvalue weighted by molar-refractivity contribution is 14.1. The van der Waals surface area contributed by atoms with Crippen LogP contribution in [-0.2, 0) is 0 Å². The van der Waals surface area contributed by atoms with Gasteiger partial charge < -0.3 is 0 Å². The van der Waals surface area contributed by atoms with Crippen LogP contribution in [-0.4, -0.2) is 3.42 Å². The van der Waals surface area contributed by atoms with Gasteiger partial charge in [0.25, 0.3) is 0 Å². The second-order valence-electron chi connectivity index (χ2n) is 8.09. The Kier molecular flexibility index (Phi) is 4.42. The first-order chi connectivity index (χ1) is 8.29. The lowest BCUT2D eigenvalue weighted by Crippen LogP contribution is -2.39. The molecule has 0 N–H and O–H groups in total. The van der Waals surface area contributed by atoms with Crippen LogP contribution in [0.2, 0.25) is 0 Å². The van der Waals surface area contributed by atoms with Crippen molar-refractivity contribution in [2.75, 3.05) is 0 Å². The zero-order valence-corrected chi connectivity index (χ0v) is 15.0. The summed E-state index contributed by atoms with van der Waals surface area (Å²) in [6.07, 6.45) is 13.2. The van der Waals surface area contributed by atoms with E-state index in [1.165, 1.54) is 57.8 Å². The summed E-state index contributed by atoms with van der Waals surface area (Å²) in [7, 11) is 0. The molecule has 0 aromatic heterocycles. The SMILES string of the molecule is CCC1(CCC2CC(C)(C)CC[C@]2(C)I)CCC1. The van der Waals surface area contributed by atoms with Gasteiger partial charge in [-0.3, -0.25) is 0 Å². The minimum atomic E-state index is 0.561. The van der Waals surface area contributed by atoms with Gasteiger partial charge in [0.1, 0.15) is 0 Å². The van der Waals surface area contributed by atoms with Gasteiger partial charge >= 0.3 is 0 Å². The highest BCUT2D eigenvalue weighted by Gasteiger charge is 2.43. The highest BCUT2D eigenvalue weighted by atomic mass is 127. The molecule has 2 saturated carbocycles. The summed E-state index contributed by atoms with van der Waals surface area (Å²) >= 11 is 2.76. The summed E-state index contributed by atoms with van der Waals surface area (Å²) in [5.41, 5.74) is 1.35. The van der Waals surface area contributed by atoms with Gasteiger partial charge in [-0.1, -0.05) is 63.1 Å². The highest BCUT2D eigenvalue weighted by Crippen LogP contribution is 2.53. The van der Waals surface area contributed by atoms with E-state index >= 15 is 0 Å². The van der Waals surface area contributed by atoms with Crippen molar-refractivity contribution in [2.45, 2.75) is 88.9 Å². The van der Waals surface area contributed by atoms with Crippen LogP contribution in [0.1, 0.15) is 85.5 Å². The minimum absolute atomic E-state index is 0.561. The summed E-state index contributed by atoms with van der Waals surface area (Å²) in [6, 6.07) is 0. The Morgan fingerprint density at radius 1 is 1.06 bits per heavy atom. The average molecular weight is 362 g/mol. The van der Waals surface area contributed by atoms with Crippen LogP contribution in [0.5, 0.6) is 0 Å². The molecular weight excluding hydrogens is 331 g/mol. The number of alkyl halides is 1. The Bertz CT molecular complexity index is 280. The van der Waals surface area contributed by atoms with Crippen molar-refractivity contribution in [3.8, 4) is 0 Å². The Morgan fingerprint density at radius 3 is 2.22 bits per heavy atom. The van der Waals surface area contributed by atoms with Crippen molar-refractivity contribution >= 4 is 22.6 Å². The van der Waals surface area contributed by atoms with Gasteiger partial charge in [-0.25, -0.2) is 0 Å².